The van der Waals surface area contributed by atoms with Crippen molar-refractivity contribution in [3.05, 3.63) is 65.5 Å². The first-order chi connectivity index (χ1) is 16.2. The zero-order valence-corrected chi connectivity index (χ0v) is 18.6. The molecule has 2 aromatic heterocycles. The van der Waals surface area contributed by atoms with Crippen LogP contribution in [0.5, 0.6) is 5.75 Å². The molecule has 3 aromatic rings. The molecule has 2 aliphatic heterocycles. The van der Waals surface area contributed by atoms with Gasteiger partial charge in [0.25, 0.3) is 5.91 Å². The molecule has 2 aliphatic rings. The first kappa shape index (κ1) is 21.5. The van der Waals surface area contributed by atoms with E-state index in [0.717, 1.165) is 55.2 Å². The Labute approximate surface area is 191 Å². The Morgan fingerprint density at radius 1 is 1.21 bits per heavy atom. The molecule has 1 atom stereocenters. The third kappa shape index (κ3) is 4.86. The van der Waals surface area contributed by atoms with Crippen molar-refractivity contribution in [3.63, 3.8) is 0 Å². The summed E-state index contributed by atoms with van der Waals surface area (Å²) in [6.45, 7) is 3.63. The van der Waals surface area contributed by atoms with Gasteiger partial charge in [-0.1, -0.05) is 17.3 Å². The summed E-state index contributed by atoms with van der Waals surface area (Å²) in [7, 11) is 1.66. The van der Waals surface area contributed by atoms with Crippen LogP contribution in [0.3, 0.4) is 0 Å². The van der Waals surface area contributed by atoms with E-state index in [4.69, 9.17) is 9.47 Å². The molecule has 4 heterocycles. The fourth-order valence-corrected chi connectivity index (χ4v) is 4.33. The number of piperidine rings is 1. The monoisotopic (exact) mass is 449 g/mol. The van der Waals surface area contributed by atoms with E-state index in [2.05, 4.69) is 30.5 Å². The van der Waals surface area contributed by atoms with E-state index in [9.17, 15) is 4.79 Å². The summed E-state index contributed by atoms with van der Waals surface area (Å²) in [5.74, 6) is 0.660. The van der Waals surface area contributed by atoms with Crippen LogP contribution in [0.4, 0.5) is 0 Å². The maximum atomic E-state index is 12.3. The van der Waals surface area contributed by atoms with Gasteiger partial charge in [-0.3, -0.25) is 14.7 Å². The molecule has 1 fully saturated rings. The van der Waals surface area contributed by atoms with Gasteiger partial charge in [-0.25, -0.2) is 9.67 Å². The molecule has 33 heavy (non-hydrogen) atoms. The van der Waals surface area contributed by atoms with Gasteiger partial charge in [0.15, 0.2) is 0 Å². The van der Waals surface area contributed by atoms with Crippen molar-refractivity contribution in [2.24, 2.45) is 0 Å². The number of nitrogens with zero attached hydrogens (tertiary/aromatic N) is 6. The first-order valence-corrected chi connectivity index (χ1v) is 11.2. The smallest absolute Gasteiger partial charge is 0.271 e. The van der Waals surface area contributed by atoms with Crippen molar-refractivity contribution in [2.75, 3.05) is 20.2 Å². The Hall–Kier alpha value is -3.37. The highest BCUT2D eigenvalue weighted by molar-refractivity contribution is 5.92. The standard InChI is InChI=1S/C23H27N7O3/c1-32-18-4-2-16(3-5-18)22-14-30-21(15-33-22)20(27-28-30)13-29-10-6-17(7-11-29)26-23(31)19-12-24-8-9-25-19/h2-5,8-9,12,17,22H,6-7,10-11,13-15H2,1H3,(H,26,31)/t22-/m1/s1. The number of fused-ring (bicyclic) bond motifs is 1. The summed E-state index contributed by atoms with van der Waals surface area (Å²) < 4.78 is 13.3. The number of benzene rings is 1. The lowest BCUT2D eigenvalue weighted by molar-refractivity contribution is -0.00218. The van der Waals surface area contributed by atoms with Crippen molar-refractivity contribution in [1.82, 2.24) is 35.2 Å². The maximum absolute atomic E-state index is 12.3. The second kappa shape index (κ2) is 9.63. The lowest BCUT2D eigenvalue weighted by Gasteiger charge is -2.32. The summed E-state index contributed by atoms with van der Waals surface area (Å²) in [6, 6.07) is 8.08. The number of amides is 1. The number of rotatable bonds is 6. The Morgan fingerprint density at radius 3 is 2.76 bits per heavy atom. The maximum Gasteiger partial charge on any atom is 0.271 e. The predicted octanol–water partition coefficient (Wildman–Crippen LogP) is 1.74. The van der Waals surface area contributed by atoms with E-state index in [-0.39, 0.29) is 18.1 Å². The van der Waals surface area contributed by atoms with Crippen LogP contribution in [0.1, 0.15) is 46.4 Å². The van der Waals surface area contributed by atoms with Crippen LogP contribution in [0, 0.1) is 0 Å². The van der Waals surface area contributed by atoms with Crippen molar-refractivity contribution < 1.29 is 14.3 Å². The fourth-order valence-electron chi connectivity index (χ4n) is 4.33. The Balaban J connectivity index is 1.14. The van der Waals surface area contributed by atoms with Gasteiger partial charge in [0, 0.05) is 38.1 Å². The van der Waals surface area contributed by atoms with E-state index in [1.54, 1.807) is 13.3 Å². The number of likely N-dealkylation sites (tertiary alicyclic amines) is 1. The molecular weight excluding hydrogens is 422 g/mol. The van der Waals surface area contributed by atoms with Crippen molar-refractivity contribution in [3.8, 4) is 5.75 Å². The molecule has 1 aromatic carbocycles. The van der Waals surface area contributed by atoms with Gasteiger partial charge in [0.05, 0.1) is 32.2 Å². The van der Waals surface area contributed by atoms with Gasteiger partial charge >= 0.3 is 0 Å². The molecule has 172 valence electrons. The topological polar surface area (TPSA) is 107 Å². The van der Waals surface area contributed by atoms with Gasteiger partial charge in [-0.15, -0.1) is 5.10 Å². The number of carbonyl (C=O) groups excluding carboxylic acids is 1. The van der Waals surface area contributed by atoms with Crippen molar-refractivity contribution >= 4 is 5.91 Å². The largest absolute Gasteiger partial charge is 0.497 e. The van der Waals surface area contributed by atoms with Gasteiger partial charge < -0.3 is 14.8 Å². The van der Waals surface area contributed by atoms with E-state index >= 15 is 0 Å². The van der Waals surface area contributed by atoms with Crippen molar-refractivity contribution in [2.45, 2.75) is 44.7 Å². The van der Waals surface area contributed by atoms with Crippen LogP contribution >= 0.6 is 0 Å². The van der Waals surface area contributed by atoms with Crippen molar-refractivity contribution in [1.29, 1.82) is 0 Å². The highest BCUT2D eigenvalue weighted by atomic mass is 16.5. The Bertz CT molecular complexity index is 1080. The minimum absolute atomic E-state index is 0.0494. The third-order valence-corrected chi connectivity index (χ3v) is 6.26. The summed E-state index contributed by atoms with van der Waals surface area (Å²) in [5, 5.41) is 11.9. The van der Waals surface area contributed by atoms with Gasteiger partial charge in [0.1, 0.15) is 23.2 Å². The molecular formula is C23H27N7O3. The van der Waals surface area contributed by atoms with Crippen LogP contribution in [-0.4, -0.2) is 62.0 Å². The molecule has 10 heteroatoms. The second-order valence-corrected chi connectivity index (χ2v) is 8.35. The second-order valence-electron chi connectivity index (χ2n) is 8.35. The highest BCUT2D eigenvalue weighted by Crippen LogP contribution is 2.28. The molecule has 5 rings (SSSR count). The van der Waals surface area contributed by atoms with E-state index in [1.165, 1.54) is 12.4 Å². The zero-order chi connectivity index (χ0) is 22.6. The van der Waals surface area contributed by atoms with Crippen LogP contribution in [0.25, 0.3) is 0 Å². The highest BCUT2D eigenvalue weighted by Gasteiger charge is 2.27. The summed E-state index contributed by atoms with van der Waals surface area (Å²) in [5.41, 5.74) is 3.45. The van der Waals surface area contributed by atoms with E-state index in [0.29, 0.717) is 18.8 Å². The van der Waals surface area contributed by atoms with Gasteiger partial charge in [-0.2, -0.15) is 0 Å². The lowest BCUT2D eigenvalue weighted by Crippen LogP contribution is -2.44. The lowest BCUT2D eigenvalue weighted by atomic mass is 10.0. The number of hydrogen-bond acceptors (Lipinski definition) is 8. The summed E-state index contributed by atoms with van der Waals surface area (Å²) in [6.07, 6.45) is 6.28. The molecule has 0 aliphatic carbocycles. The molecule has 0 bridgehead atoms. The molecule has 1 amide bonds. The molecule has 0 unspecified atom stereocenters. The van der Waals surface area contributed by atoms with E-state index < -0.39 is 0 Å². The summed E-state index contributed by atoms with van der Waals surface area (Å²) >= 11 is 0. The molecule has 1 saturated heterocycles. The quantitative estimate of drug-likeness (QED) is 0.607. The predicted molar refractivity (Wildman–Crippen MR) is 118 cm³/mol. The number of hydrogen-bond donors (Lipinski definition) is 1. The van der Waals surface area contributed by atoms with Crippen LogP contribution in [0.15, 0.2) is 42.9 Å². The zero-order valence-electron chi connectivity index (χ0n) is 18.6. The fraction of sp³-hybridized carbons (Fsp3) is 0.435. The average molecular weight is 450 g/mol. The number of ether oxygens (including phenoxy) is 2. The van der Waals surface area contributed by atoms with Gasteiger partial charge in [0.2, 0.25) is 0 Å². The number of nitrogens with one attached hydrogen (secondary N) is 1. The number of carbonyl (C=O) groups is 1. The van der Waals surface area contributed by atoms with E-state index in [1.807, 2.05) is 28.9 Å². The molecule has 0 spiro atoms. The Kier molecular flexibility index (Phi) is 6.27. The van der Waals surface area contributed by atoms with Crippen LogP contribution in [-0.2, 0) is 24.4 Å². The molecule has 0 saturated carbocycles. The molecule has 10 nitrogen and oxygen atoms in total. The molecule has 0 radical (unpaired) electrons. The number of aromatic nitrogens is 5. The first-order valence-electron chi connectivity index (χ1n) is 11.2. The number of methoxy groups -OCH3 is 1. The average Bonchev–Trinajstić information content (AvgIpc) is 3.27. The normalized spacial score (nSPS) is 19.1. The van der Waals surface area contributed by atoms with Crippen LogP contribution in [0.2, 0.25) is 0 Å². The minimum atomic E-state index is -0.169. The van der Waals surface area contributed by atoms with Gasteiger partial charge in [-0.05, 0) is 30.5 Å². The van der Waals surface area contributed by atoms with Crippen LogP contribution < -0.4 is 10.1 Å². The third-order valence-electron chi connectivity index (χ3n) is 6.26. The Morgan fingerprint density at radius 2 is 2.03 bits per heavy atom. The SMILES string of the molecule is COc1ccc([C@H]2Cn3nnc(CN4CCC(NC(=O)c5cnccn5)CC4)c3CO2)cc1. The minimum Gasteiger partial charge on any atom is -0.497 e. The summed E-state index contributed by atoms with van der Waals surface area (Å²) in [4.78, 5) is 22.7. The molecule has 1 N–H and O–H groups in total.